The van der Waals surface area contributed by atoms with Crippen LogP contribution in [0.15, 0.2) is 42.5 Å². The second kappa shape index (κ2) is 6.46. The van der Waals surface area contributed by atoms with E-state index in [0.717, 1.165) is 19.3 Å². The van der Waals surface area contributed by atoms with Gasteiger partial charge in [-0.25, -0.2) is 8.78 Å². The maximum Gasteiger partial charge on any atom is 0.166 e. The summed E-state index contributed by atoms with van der Waals surface area (Å²) >= 11 is 0. The van der Waals surface area contributed by atoms with Crippen LogP contribution in [0.4, 0.5) is 8.78 Å². The summed E-state index contributed by atoms with van der Waals surface area (Å²) in [7, 11) is 0. The lowest BCUT2D eigenvalue weighted by Crippen LogP contribution is -1.97. The first kappa shape index (κ1) is 13.7. The van der Waals surface area contributed by atoms with E-state index in [1.165, 1.54) is 0 Å². The summed E-state index contributed by atoms with van der Waals surface area (Å²) in [5, 5.41) is 0. The largest absolute Gasteiger partial charge is 0.203 e. The molecule has 0 aliphatic heterocycles. The molecule has 0 aliphatic rings. The highest BCUT2D eigenvalue weighted by atomic mass is 19.2. The van der Waals surface area contributed by atoms with E-state index in [0.29, 0.717) is 23.1 Å². The van der Waals surface area contributed by atoms with E-state index >= 15 is 0 Å². The summed E-state index contributed by atoms with van der Waals surface area (Å²) in [5.74, 6) is -1.43. The lowest BCUT2D eigenvalue weighted by atomic mass is 10.00. The van der Waals surface area contributed by atoms with Crippen LogP contribution in [0, 0.1) is 11.6 Å². The predicted molar refractivity (Wildman–Crippen MR) is 75.0 cm³/mol. The summed E-state index contributed by atoms with van der Waals surface area (Å²) in [5.41, 5.74) is 1.52. The van der Waals surface area contributed by atoms with Crippen molar-refractivity contribution in [2.75, 3.05) is 0 Å². The zero-order valence-electron chi connectivity index (χ0n) is 11.1. The molecule has 2 rings (SSSR count). The Kier molecular flexibility index (Phi) is 4.67. The number of aryl methyl sites for hydroxylation is 1. The Morgan fingerprint density at radius 3 is 2.26 bits per heavy atom. The minimum atomic E-state index is -0.736. The first-order valence-electron chi connectivity index (χ1n) is 6.76. The van der Waals surface area contributed by atoms with Crippen molar-refractivity contribution in [1.29, 1.82) is 0 Å². The van der Waals surface area contributed by atoms with Gasteiger partial charge in [0.25, 0.3) is 0 Å². The molecule has 2 aromatic rings. The standard InChI is InChI=1S/C17H18F2/c1-2-3-5-10-14-11-12-15(17(19)16(14)18)13-8-6-4-7-9-13/h4,6-9,11-12H,2-3,5,10H2,1H3. The van der Waals surface area contributed by atoms with Gasteiger partial charge in [0.1, 0.15) is 0 Å². The molecule has 0 fully saturated rings. The maximum absolute atomic E-state index is 14.1. The molecule has 0 aromatic heterocycles. The number of hydrogen-bond acceptors (Lipinski definition) is 0. The minimum absolute atomic E-state index is 0.331. The van der Waals surface area contributed by atoms with Crippen molar-refractivity contribution in [1.82, 2.24) is 0 Å². The molecule has 0 N–H and O–H groups in total. The average Bonchev–Trinajstić information content (AvgIpc) is 2.45. The molecule has 0 saturated carbocycles. The molecule has 0 nitrogen and oxygen atoms in total. The molecule has 0 bridgehead atoms. The minimum Gasteiger partial charge on any atom is -0.203 e. The van der Waals surface area contributed by atoms with Gasteiger partial charge in [0.05, 0.1) is 0 Å². The van der Waals surface area contributed by atoms with Crippen molar-refractivity contribution in [2.24, 2.45) is 0 Å². The van der Waals surface area contributed by atoms with Crippen LogP contribution < -0.4 is 0 Å². The van der Waals surface area contributed by atoms with E-state index in [1.54, 1.807) is 24.3 Å². The molecule has 0 amide bonds. The van der Waals surface area contributed by atoms with E-state index in [2.05, 4.69) is 6.92 Å². The summed E-state index contributed by atoms with van der Waals surface area (Å²) in [6.45, 7) is 2.09. The molecule has 0 radical (unpaired) electrons. The first-order chi connectivity index (χ1) is 9.24. The van der Waals surface area contributed by atoms with E-state index < -0.39 is 11.6 Å². The zero-order chi connectivity index (χ0) is 13.7. The van der Waals surface area contributed by atoms with Crippen molar-refractivity contribution in [3.63, 3.8) is 0 Å². The number of unbranched alkanes of at least 4 members (excludes halogenated alkanes) is 2. The Balaban J connectivity index is 2.27. The second-order valence-corrected chi connectivity index (χ2v) is 4.72. The van der Waals surface area contributed by atoms with E-state index in [4.69, 9.17) is 0 Å². The van der Waals surface area contributed by atoms with Gasteiger partial charge in [0.2, 0.25) is 0 Å². The molecule has 0 spiro atoms. The third kappa shape index (κ3) is 3.19. The molecule has 100 valence electrons. The summed E-state index contributed by atoms with van der Waals surface area (Å²) in [4.78, 5) is 0. The van der Waals surface area contributed by atoms with Crippen LogP contribution in [-0.4, -0.2) is 0 Å². The predicted octanol–water partition coefficient (Wildman–Crippen LogP) is 5.36. The molecule has 2 aromatic carbocycles. The number of benzene rings is 2. The van der Waals surface area contributed by atoms with Crippen molar-refractivity contribution in [3.8, 4) is 11.1 Å². The molecule has 0 heterocycles. The van der Waals surface area contributed by atoms with Gasteiger partial charge in [0, 0.05) is 5.56 Å². The Morgan fingerprint density at radius 2 is 1.58 bits per heavy atom. The van der Waals surface area contributed by atoms with Gasteiger partial charge in [-0.2, -0.15) is 0 Å². The SMILES string of the molecule is CCCCCc1ccc(-c2ccccc2)c(F)c1F. The van der Waals surface area contributed by atoms with Gasteiger partial charge in [-0.1, -0.05) is 62.2 Å². The quantitative estimate of drug-likeness (QED) is 0.634. The number of hydrogen-bond donors (Lipinski definition) is 0. The highest BCUT2D eigenvalue weighted by molar-refractivity contribution is 5.64. The zero-order valence-corrected chi connectivity index (χ0v) is 11.1. The van der Waals surface area contributed by atoms with Crippen molar-refractivity contribution in [2.45, 2.75) is 32.6 Å². The third-order valence-corrected chi connectivity index (χ3v) is 3.30. The van der Waals surface area contributed by atoms with Gasteiger partial charge >= 0.3 is 0 Å². The van der Waals surface area contributed by atoms with Crippen molar-refractivity contribution >= 4 is 0 Å². The van der Waals surface area contributed by atoms with Crippen LogP contribution in [0.25, 0.3) is 11.1 Å². The van der Waals surface area contributed by atoms with E-state index in [-0.39, 0.29) is 0 Å². The number of halogens is 2. The highest BCUT2D eigenvalue weighted by Crippen LogP contribution is 2.26. The monoisotopic (exact) mass is 260 g/mol. The smallest absolute Gasteiger partial charge is 0.166 e. The number of rotatable bonds is 5. The molecule has 0 saturated heterocycles. The van der Waals surface area contributed by atoms with Crippen LogP contribution in [0.2, 0.25) is 0 Å². The topological polar surface area (TPSA) is 0 Å². The first-order valence-corrected chi connectivity index (χ1v) is 6.76. The van der Waals surface area contributed by atoms with Crippen LogP contribution >= 0.6 is 0 Å². The summed E-state index contributed by atoms with van der Waals surface area (Å²) in [6, 6.07) is 12.5. The summed E-state index contributed by atoms with van der Waals surface area (Å²) in [6.07, 6.45) is 3.62. The van der Waals surface area contributed by atoms with Crippen molar-refractivity contribution < 1.29 is 8.78 Å². The lowest BCUT2D eigenvalue weighted by molar-refractivity contribution is 0.498. The van der Waals surface area contributed by atoms with Gasteiger partial charge in [-0.05, 0) is 24.0 Å². The van der Waals surface area contributed by atoms with Crippen LogP contribution in [0.1, 0.15) is 31.7 Å². The lowest BCUT2D eigenvalue weighted by Gasteiger charge is -2.08. The molecule has 0 unspecified atom stereocenters. The molecule has 0 atom stereocenters. The normalized spacial score (nSPS) is 10.7. The Hall–Kier alpha value is -1.70. The fraction of sp³-hybridized carbons (Fsp3) is 0.294. The Labute approximate surface area is 113 Å². The third-order valence-electron chi connectivity index (χ3n) is 3.30. The molecule has 0 aliphatic carbocycles. The highest BCUT2D eigenvalue weighted by Gasteiger charge is 2.14. The van der Waals surface area contributed by atoms with Crippen LogP contribution in [0.3, 0.4) is 0 Å². The average molecular weight is 260 g/mol. The van der Waals surface area contributed by atoms with Gasteiger partial charge in [0.15, 0.2) is 11.6 Å². The van der Waals surface area contributed by atoms with Gasteiger partial charge < -0.3 is 0 Å². The second-order valence-electron chi connectivity index (χ2n) is 4.72. The van der Waals surface area contributed by atoms with Gasteiger partial charge in [-0.3, -0.25) is 0 Å². The fourth-order valence-corrected chi connectivity index (χ4v) is 2.19. The molecular weight excluding hydrogens is 242 g/mol. The van der Waals surface area contributed by atoms with Crippen molar-refractivity contribution in [3.05, 3.63) is 59.7 Å². The van der Waals surface area contributed by atoms with Crippen LogP contribution in [-0.2, 0) is 6.42 Å². The Bertz CT molecular complexity index is 532. The molecule has 2 heteroatoms. The Morgan fingerprint density at radius 1 is 0.842 bits per heavy atom. The molecule has 19 heavy (non-hydrogen) atoms. The fourth-order valence-electron chi connectivity index (χ4n) is 2.19. The van der Waals surface area contributed by atoms with E-state index in [9.17, 15) is 8.78 Å². The molecular formula is C17H18F2. The maximum atomic E-state index is 14.1. The van der Waals surface area contributed by atoms with Crippen LogP contribution in [0.5, 0.6) is 0 Å². The van der Waals surface area contributed by atoms with Gasteiger partial charge in [-0.15, -0.1) is 0 Å². The van der Waals surface area contributed by atoms with E-state index in [1.807, 2.05) is 18.2 Å². The summed E-state index contributed by atoms with van der Waals surface area (Å²) < 4.78 is 28.1.